The topological polar surface area (TPSA) is 970 Å². The number of rotatable bonds is 76. The first-order chi connectivity index (χ1) is 71.0. The quantitative estimate of drug-likeness (QED) is 0.0166. The summed E-state index contributed by atoms with van der Waals surface area (Å²) < 4.78 is 0. The Hall–Kier alpha value is -14.0. The van der Waals surface area contributed by atoms with Crippen molar-refractivity contribution in [2.75, 3.05) is 84.2 Å². The largest absolute Gasteiger partial charge is 0.480 e. The number of carbonyl (C=O) groups is 22. The van der Waals surface area contributed by atoms with Crippen LogP contribution in [0.4, 0.5) is 0 Å². The minimum Gasteiger partial charge on any atom is -0.480 e. The number of aliphatic hydroxyl groups is 5. The molecule has 150 heavy (non-hydrogen) atoms. The average molecular weight is 2150 g/mol. The number of benzene rings is 2. The van der Waals surface area contributed by atoms with Crippen LogP contribution in [0.2, 0.25) is 0 Å². The van der Waals surface area contributed by atoms with Crippen molar-refractivity contribution in [3.8, 4) is 0 Å². The number of hydrogen-bond donors (Lipinski definition) is 35. The highest BCUT2D eigenvalue weighted by Gasteiger charge is 2.40. The van der Waals surface area contributed by atoms with Crippen molar-refractivity contribution in [1.82, 2.24) is 106 Å². The SMILES string of the molecule is CSCC[C@H](NC(=O)CNC(=O)[C@@H](NC(=O)CNC(=O)[C@@H](NC(=O)CNC(=O)[C@H](CC(N)=O)NC(=O)[C@H](CCCN)NC(=O)[C@H](Cc1ccccc1)NC(=O)[C@@H](N)CO)C(C)C)[C@@H](C)O)C(=O)N[C@@H](CCCCN)C(=O)N[C@@H](CCCCN)C(=O)N[C@H](C(=O)N[C@@H](CO)C(=O)N[C@@H](Cc1ccccc1)C(=O)N[C@@H](CCC(N)=O)C(=O)N[C@@H](CCCNC(=N)N)C(=O)N[C@@H](C)C(=O)N[C@@H](CCCCN)C(=O)N[C@@H](CO)C(=O)O)[C@@H](C)O. The minimum atomic E-state index is -2.02. The number of carboxylic acid groups (broad SMARTS) is 1. The van der Waals surface area contributed by atoms with Crippen LogP contribution in [-0.2, 0) is 118 Å². The summed E-state index contributed by atoms with van der Waals surface area (Å²) in [5.74, 6) is -24.7. The fraction of sp³-hybridized carbons (Fsp3) is 0.620. The molecule has 0 fully saturated rings. The van der Waals surface area contributed by atoms with Crippen LogP contribution in [0.15, 0.2) is 60.7 Å². The van der Waals surface area contributed by atoms with Gasteiger partial charge in [0, 0.05) is 25.8 Å². The Morgan fingerprint density at radius 1 is 0.327 bits per heavy atom. The predicted octanol–water partition coefficient (Wildman–Crippen LogP) is -14.3. The van der Waals surface area contributed by atoms with E-state index in [-0.39, 0.29) is 128 Å². The molecule has 0 radical (unpaired) electrons. The van der Waals surface area contributed by atoms with E-state index in [1.807, 2.05) is 0 Å². The maximum atomic E-state index is 14.7. The maximum Gasteiger partial charge on any atom is 0.328 e. The van der Waals surface area contributed by atoms with Gasteiger partial charge in [0.25, 0.3) is 0 Å². The number of thioether (sulfide) groups is 1. The molecule has 0 aliphatic carbocycles. The van der Waals surface area contributed by atoms with Gasteiger partial charge in [0.1, 0.15) is 103 Å². The van der Waals surface area contributed by atoms with E-state index in [0.29, 0.717) is 24.0 Å². The Balaban J connectivity index is 2.35. The fourth-order valence-corrected chi connectivity index (χ4v) is 14.7. The predicted molar refractivity (Wildman–Crippen MR) is 542 cm³/mol. The van der Waals surface area contributed by atoms with Crippen molar-refractivity contribution in [2.45, 2.75) is 272 Å². The van der Waals surface area contributed by atoms with Crippen LogP contribution in [0.3, 0.4) is 0 Å². The highest BCUT2D eigenvalue weighted by Crippen LogP contribution is 2.16. The zero-order chi connectivity index (χ0) is 113. The van der Waals surface area contributed by atoms with E-state index < -0.39 is 316 Å². The molecule has 0 bridgehead atoms. The Morgan fingerprint density at radius 3 is 1.05 bits per heavy atom. The molecule has 19 atom stereocenters. The van der Waals surface area contributed by atoms with Gasteiger partial charge in [0.2, 0.25) is 124 Å². The third-order valence-electron chi connectivity index (χ3n) is 22.7. The number of hydrogen-bond acceptors (Lipinski definition) is 34. The lowest BCUT2D eigenvalue weighted by atomic mass is 10.0. The lowest BCUT2D eigenvalue weighted by Crippen LogP contribution is -2.62. The highest BCUT2D eigenvalue weighted by atomic mass is 32.2. The van der Waals surface area contributed by atoms with Gasteiger partial charge in [-0.2, -0.15) is 11.8 Å². The number of carboxylic acids is 1. The van der Waals surface area contributed by atoms with E-state index in [0.717, 1.165) is 13.8 Å². The summed E-state index contributed by atoms with van der Waals surface area (Å²) in [6.45, 7) is 1.10. The van der Waals surface area contributed by atoms with E-state index in [1.165, 1.54) is 32.5 Å². The monoisotopic (exact) mass is 2140 g/mol. The molecule has 58 heteroatoms. The number of unbranched alkanes of at least 4 members (excludes halogenated alkanes) is 3. The van der Waals surface area contributed by atoms with Crippen LogP contribution in [0.5, 0.6) is 0 Å². The second-order valence-electron chi connectivity index (χ2n) is 35.6. The second-order valence-corrected chi connectivity index (χ2v) is 36.6. The molecule has 0 heterocycles. The maximum absolute atomic E-state index is 14.7. The van der Waals surface area contributed by atoms with Crippen LogP contribution < -0.4 is 152 Å². The molecule has 2 aromatic rings. The number of aliphatic hydroxyl groups excluding tert-OH is 5. The van der Waals surface area contributed by atoms with Gasteiger partial charge in [-0.3, -0.25) is 106 Å². The van der Waals surface area contributed by atoms with Gasteiger partial charge in [-0.25, -0.2) is 4.79 Å². The molecule has 2 aromatic carbocycles. The summed E-state index contributed by atoms with van der Waals surface area (Å²) >= 11 is 1.25. The van der Waals surface area contributed by atoms with Crippen molar-refractivity contribution >= 4 is 148 Å². The third kappa shape index (κ3) is 51.8. The van der Waals surface area contributed by atoms with Gasteiger partial charge in [-0.15, -0.1) is 0 Å². The Morgan fingerprint density at radius 2 is 0.660 bits per heavy atom. The van der Waals surface area contributed by atoms with Crippen molar-refractivity contribution in [2.24, 2.45) is 51.8 Å². The Kier molecular flexibility index (Phi) is 63.7. The van der Waals surface area contributed by atoms with E-state index >= 15 is 0 Å². The van der Waals surface area contributed by atoms with Gasteiger partial charge in [-0.05, 0) is 172 Å². The summed E-state index contributed by atoms with van der Waals surface area (Å²) in [5, 5.41) is 116. The molecule has 57 nitrogen and oxygen atoms in total. The summed E-state index contributed by atoms with van der Waals surface area (Å²) in [5.41, 5.74) is 46.0. The second kappa shape index (κ2) is 72.4. The summed E-state index contributed by atoms with van der Waals surface area (Å²) in [6, 6.07) is -11.3. The third-order valence-corrected chi connectivity index (χ3v) is 23.4. The summed E-state index contributed by atoms with van der Waals surface area (Å²) in [7, 11) is 0. The number of nitrogens with two attached hydrogens (primary N) is 8. The number of guanidine groups is 1. The Bertz CT molecular complexity index is 4750. The first-order valence-electron chi connectivity index (χ1n) is 48.9. The summed E-state index contributed by atoms with van der Waals surface area (Å²) in [6.07, 6.45) is -3.48. The summed E-state index contributed by atoms with van der Waals surface area (Å²) in [4.78, 5) is 300. The lowest BCUT2D eigenvalue weighted by Gasteiger charge is -2.29. The molecule has 0 aliphatic rings. The molecule has 0 spiro atoms. The molecule has 21 amide bonds. The smallest absolute Gasteiger partial charge is 0.328 e. The van der Waals surface area contributed by atoms with Crippen LogP contribution in [0.1, 0.15) is 155 Å². The zero-order valence-electron chi connectivity index (χ0n) is 84.9. The van der Waals surface area contributed by atoms with E-state index in [1.54, 1.807) is 66.9 Å². The molecule has 0 aliphatic heterocycles. The van der Waals surface area contributed by atoms with Crippen LogP contribution >= 0.6 is 11.8 Å². The van der Waals surface area contributed by atoms with E-state index in [9.17, 15) is 136 Å². The lowest BCUT2D eigenvalue weighted by molar-refractivity contribution is -0.143. The van der Waals surface area contributed by atoms with Crippen molar-refractivity contribution in [1.29, 1.82) is 5.41 Å². The molecule has 0 aromatic heterocycles. The number of aliphatic carboxylic acids is 1. The fourth-order valence-electron chi connectivity index (χ4n) is 14.3. The van der Waals surface area contributed by atoms with Gasteiger partial charge < -0.3 is 183 Å². The average Bonchev–Trinajstić information content (AvgIpc) is 0.849. The first-order valence-corrected chi connectivity index (χ1v) is 50.3. The van der Waals surface area contributed by atoms with Crippen LogP contribution in [0.25, 0.3) is 0 Å². The Labute approximate surface area is 871 Å². The van der Waals surface area contributed by atoms with Crippen molar-refractivity contribution < 1.29 is 136 Å². The molecular formula is C92H153N29O28S. The molecule has 43 N–H and O–H groups in total. The van der Waals surface area contributed by atoms with Gasteiger partial charge in [0.15, 0.2) is 5.96 Å². The molecule has 0 saturated carbocycles. The molecule has 840 valence electrons. The highest BCUT2D eigenvalue weighted by molar-refractivity contribution is 7.98. The zero-order valence-corrected chi connectivity index (χ0v) is 85.7. The van der Waals surface area contributed by atoms with Crippen LogP contribution in [-0.4, -0.2) is 366 Å². The van der Waals surface area contributed by atoms with Crippen molar-refractivity contribution in [3.63, 3.8) is 0 Å². The number of nitrogens with one attached hydrogen (secondary N) is 21. The number of amides is 21. The van der Waals surface area contributed by atoms with E-state index in [2.05, 4.69) is 106 Å². The van der Waals surface area contributed by atoms with Crippen LogP contribution in [0, 0.1) is 11.3 Å². The molecule has 0 unspecified atom stereocenters. The van der Waals surface area contributed by atoms with Gasteiger partial charge in [-0.1, -0.05) is 74.5 Å². The molecule has 2 rings (SSSR count). The standard InChI is InChI=1S/C92H153N29O28S/c1-48(2)72(119-70(130)43-103-77(134)64(41-68(99)128)116-80(137)58(28-19-36-96)112-85(142)62(114-76(133)54(97)45-122)39-52-21-9-7-10-22-52)88(145)104-44-71(131)120-73(50(4)125)89(146)105-42-69(129)107-61(32-38-150-6)83(140)109-56(26-14-17-34-94)79(136)110-57(27-15-18-35-95)84(141)121-74(51(5)126)90(147)117-65(46-123)87(144)115-63(40-53-23-11-8-12-24-53)86(143)113-60(30-31-67(98)127)82(139)111-59(29-20-37-102-92(100)101)78(135)106-49(3)75(132)108-55(25-13-16-33-93)81(138)118-66(47-124)91(148)149/h7-12,21-24,48-51,54-66,72-74,122-126H,13-20,25-47,93-97H2,1-6H3,(H2,98,127)(H2,99,128)(H,103,134)(H,104,145)(H,105,146)(H,106,135)(H,107,129)(H,108,132)(H,109,140)(H,110,136)(H,111,139)(H,112,142)(H,113,143)(H,114,133)(H,115,144)(H,116,137)(H,117,147)(H,118,138)(H,119,130)(H,120,131)(H,121,141)(H,148,149)(H4,100,101,102)/t49-,50+,51+,54-,55-,56-,57-,58-,59-,60-,61-,62-,63-,64-,65-,66-,72-,73-,74-/m0/s1. The van der Waals surface area contributed by atoms with Gasteiger partial charge >= 0.3 is 5.97 Å². The van der Waals surface area contributed by atoms with Gasteiger partial charge in [0.05, 0.1) is 58.1 Å². The normalized spacial score (nSPS) is 14.9. The first kappa shape index (κ1) is 132. The van der Waals surface area contributed by atoms with Crippen molar-refractivity contribution in [3.05, 3.63) is 71.8 Å². The minimum absolute atomic E-state index is 0.00366. The molecular weight excluding hydrogens is 1990 g/mol. The van der Waals surface area contributed by atoms with E-state index in [4.69, 9.17) is 51.3 Å². The number of carbonyl (C=O) groups excluding carboxylic acids is 21. The molecule has 0 saturated heterocycles. The number of primary amides is 2.